The third-order valence-electron chi connectivity index (χ3n) is 1.99. The predicted octanol–water partition coefficient (Wildman–Crippen LogP) is 1.50. The molecule has 0 aliphatic heterocycles. The summed E-state index contributed by atoms with van der Waals surface area (Å²) in [5.74, 6) is 0.0412. The molecule has 2 rings (SSSR count). The van der Waals surface area contributed by atoms with Gasteiger partial charge in [-0.2, -0.15) is 5.26 Å². The Morgan fingerprint density at radius 1 is 1.53 bits per heavy atom. The number of amides is 1. The average molecular weight is 228 g/mol. The number of hydrogen-bond donors (Lipinski definition) is 1. The molecule has 0 unspecified atom stereocenters. The summed E-state index contributed by atoms with van der Waals surface area (Å²) >= 11 is 0. The van der Waals surface area contributed by atoms with Crippen LogP contribution >= 0.6 is 0 Å². The number of hydrogen-bond acceptors (Lipinski definition) is 5. The van der Waals surface area contributed by atoms with Crippen molar-refractivity contribution in [2.24, 2.45) is 0 Å². The summed E-state index contributed by atoms with van der Waals surface area (Å²) in [6.45, 7) is 1.72. The predicted molar refractivity (Wildman–Crippen MR) is 58.1 cm³/mol. The summed E-state index contributed by atoms with van der Waals surface area (Å²) in [5, 5.41) is 14.7. The summed E-state index contributed by atoms with van der Waals surface area (Å²) in [4.78, 5) is 15.5. The van der Waals surface area contributed by atoms with Crippen molar-refractivity contribution >= 4 is 11.7 Å². The monoisotopic (exact) mass is 228 g/mol. The summed E-state index contributed by atoms with van der Waals surface area (Å²) in [6, 6.07) is 6.57. The molecular weight excluding hydrogens is 220 g/mol. The van der Waals surface area contributed by atoms with E-state index in [2.05, 4.69) is 15.5 Å². The molecule has 1 N–H and O–H groups in total. The molecule has 84 valence electrons. The zero-order valence-corrected chi connectivity index (χ0v) is 8.97. The fraction of sp³-hybridized carbons (Fsp3) is 0.0909. The van der Waals surface area contributed by atoms with Crippen LogP contribution in [0.25, 0.3) is 0 Å². The van der Waals surface area contributed by atoms with E-state index < -0.39 is 5.91 Å². The van der Waals surface area contributed by atoms with Crippen LogP contribution < -0.4 is 5.32 Å². The van der Waals surface area contributed by atoms with Crippen LogP contribution in [0.4, 0.5) is 5.82 Å². The standard InChI is InChI=1S/C11H8N4O2/c1-7-4-9(17-15-7)11(16)14-10-3-2-8(5-12)6-13-10/h2-4,6H,1H3,(H,13,14,16). The van der Waals surface area contributed by atoms with Crippen LogP contribution in [0.3, 0.4) is 0 Å². The summed E-state index contributed by atoms with van der Waals surface area (Å²) in [6.07, 6.45) is 1.38. The van der Waals surface area contributed by atoms with E-state index in [0.717, 1.165) is 0 Å². The second kappa shape index (κ2) is 4.45. The summed E-state index contributed by atoms with van der Waals surface area (Å²) in [7, 11) is 0. The first-order chi connectivity index (χ1) is 8.19. The van der Waals surface area contributed by atoms with Gasteiger partial charge in [0.25, 0.3) is 5.91 Å². The Kier molecular flexibility index (Phi) is 2.83. The first-order valence-corrected chi connectivity index (χ1v) is 4.80. The van der Waals surface area contributed by atoms with Crippen molar-refractivity contribution in [3.63, 3.8) is 0 Å². The molecule has 0 radical (unpaired) electrons. The van der Waals surface area contributed by atoms with E-state index in [1.807, 2.05) is 6.07 Å². The number of rotatable bonds is 2. The molecule has 2 aromatic rings. The molecule has 0 aliphatic rings. The minimum Gasteiger partial charge on any atom is -0.351 e. The normalized spacial score (nSPS) is 9.65. The maximum Gasteiger partial charge on any atom is 0.295 e. The fourth-order valence-electron chi connectivity index (χ4n) is 1.18. The topological polar surface area (TPSA) is 91.8 Å². The van der Waals surface area contributed by atoms with Crippen molar-refractivity contribution in [1.82, 2.24) is 10.1 Å². The lowest BCUT2D eigenvalue weighted by Gasteiger charge is -2.00. The maximum absolute atomic E-state index is 11.6. The number of pyridine rings is 1. The first kappa shape index (κ1) is 10.8. The van der Waals surface area contributed by atoms with Gasteiger partial charge >= 0.3 is 0 Å². The van der Waals surface area contributed by atoms with Crippen LogP contribution in [0.1, 0.15) is 21.8 Å². The van der Waals surface area contributed by atoms with E-state index in [1.165, 1.54) is 12.3 Å². The van der Waals surface area contributed by atoms with E-state index in [-0.39, 0.29) is 5.76 Å². The molecule has 0 atom stereocenters. The second-order valence-corrected chi connectivity index (χ2v) is 3.33. The minimum absolute atomic E-state index is 0.119. The molecule has 17 heavy (non-hydrogen) atoms. The van der Waals surface area contributed by atoms with Gasteiger partial charge in [0.1, 0.15) is 11.9 Å². The molecule has 6 heteroatoms. The van der Waals surface area contributed by atoms with E-state index in [1.54, 1.807) is 19.1 Å². The molecule has 0 bridgehead atoms. The number of aromatic nitrogens is 2. The van der Waals surface area contributed by atoms with Crippen molar-refractivity contribution in [2.45, 2.75) is 6.92 Å². The van der Waals surface area contributed by atoms with Crippen molar-refractivity contribution < 1.29 is 9.32 Å². The zero-order valence-electron chi connectivity index (χ0n) is 8.97. The van der Waals surface area contributed by atoms with Crippen LogP contribution in [0.15, 0.2) is 28.9 Å². The largest absolute Gasteiger partial charge is 0.351 e. The van der Waals surface area contributed by atoms with E-state index in [9.17, 15) is 4.79 Å². The number of carbonyl (C=O) groups excluding carboxylic acids is 1. The number of aryl methyl sites for hydroxylation is 1. The highest BCUT2D eigenvalue weighted by molar-refractivity contribution is 6.01. The summed E-state index contributed by atoms with van der Waals surface area (Å²) < 4.78 is 4.80. The lowest BCUT2D eigenvalue weighted by Crippen LogP contribution is -2.11. The second-order valence-electron chi connectivity index (χ2n) is 3.33. The third-order valence-corrected chi connectivity index (χ3v) is 1.99. The number of nitrogens with one attached hydrogen (secondary N) is 1. The number of nitrogens with zero attached hydrogens (tertiary/aromatic N) is 3. The zero-order chi connectivity index (χ0) is 12.3. The van der Waals surface area contributed by atoms with E-state index in [4.69, 9.17) is 9.78 Å². The molecule has 2 heterocycles. The van der Waals surface area contributed by atoms with Crippen molar-refractivity contribution in [3.05, 3.63) is 41.4 Å². The Morgan fingerprint density at radius 2 is 2.35 bits per heavy atom. The number of carbonyl (C=O) groups is 1. The van der Waals surface area contributed by atoms with Gasteiger partial charge in [0, 0.05) is 12.3 Å². The Morgan fingerprint density at radius 3 is 2.88 bits per heavy atom. The van der Waals surface area contributed by atoms with Gasteiger partial charge in [-0.3, -0.25) is 4.79 Å². The van der Waals surface area contributed by atoms with Gasteiger partial charge < -0.3 is 9.84 Å². The molecule has 0 aliphatic carbocycles. The van der Waals surface area contributed by atoms with Gasteiger partial charge in [-0.25, -0.2) is 4.98 Å². The highest BCUT2D eigenvalue weighted by Gasteiger charge is 2.11. The third kappa shape index (κ3) is 2.46. The van der Waals surface area contributed by atoms with Gasteiger partial charge in [0.2, 0.25) is 5.76 Å². The molecular formula is C11H8N4O2. The molecule has 1 amide bonds. The molecule has 0 saturated heterocycles. The van der Waals surface area contributed by atoms with Gasteiger partial charge in [0.15, 0.2) is 0 Å². The van der Waals surface area contributed by atoms with Crippen molar-refractivity contribution in [1.29, 1.82) is 5.26 Å². The smallest absolute Gasteiger partial charge is 0.295 e. The number of anilines is 1. The van der Waals surface area contributed by atoms with Crippen LogP contribution in [0.5, 0.6) is 0 Å². The Balaban J connectivity index is 2.11. The van der Waals surface area contributed by atoms with Crippen LogP contribution in [-0.4, -0.2) is 16.0 Å². The van der Waals surface area contributed by atoms with Crippen LogP contribution in [0, 0.1) is 18.3 Å². The quantitative estimate of drug-likeness (QED) is 0.840. The molecule has 0 saturated carbocycles. The van der Waals surface area contributed by atoms with E-state index in [0.29, 0.717) is 17.1 Å². The summed E-state index contributed by atoms with van der Waals surface area (Å²) in [5.41, 5.74) is 1.06. The highest BCUT2D eigenvalue weighted by atomic mass is 16.5. The van der Waals surface area contributed by atoms with Crippen molar-refractivity contribution in [2.75, 3.05) is 5.32 Å². The molecule has 6 nitrogen and oxygen atoms in total. The van der Waals surface area contributed by atoms with Gasteiger partial charge in [-0.05, 0) is 19.1 Å². The lowest BCUT2D eigenvalue weighted by molar-refractivity contribution is 0.0987. The Bertz CT molecular complexity index is 580. The van der Waals surface area contributed by atoms with E-state index >= 15 is 0 Å². The van der Waals surface area contributed by atoms with Gasteiger partial charge in [-0.15, -0.1) is 0 Å². The van der Waals surface area contributed by atoms with Crippen LogP contribution in [0.2, 0.25) is 0 Å². The molecule has 0 fully saturated rings. The van der Waals surface area contributed by atoms with Gasteiger partial charge in [0.05, 0.1) is 11.3 Å². The SMILES string of the molecule is Cc1cc(C(=O)Nc2ccc(C#N)cn2)on1. The number of nitriles is 1. The minimum atomic E-state index is -0.428. The molecule has 0 aromatic carbocycles. The van der Waals surface area contributed by atoms with Crippen LogP contribution in [-0.2, 0) is 0 Å². The van der Waals surface area contributed by atoms with Crippen molar-refractivity contribution in [3.8, 4) is 6.07 Å². The fourth-order valence-corrected chi connectivity index (χ4v) is 1.18. The maximum atomic E-state index is 11.6. The Hall–Kier alpha value is -2.68. The molecule has 0 spiro atoms. The average Bonchev–Trinajstić information content (AvgIpc) is 2.77. The van der Waals surface area contributed by atoms with Gasteiger partial charge in [-0.1, -0.05) is 5.16 Å². The first-order valence-electron chi connectivity index (χ1n) is 4.80. The Labute approximate surface area is 96.9 Å². The molecule has 2 aromatic heterocycles. The highest BCUT2D eigenvalue weighted by Crippen LogP contribution is 2.08. The lowest BCUT2D eigenvalue weighted by atomic mass is 10.3.